The van der Waals surface area contributed by atoms with Gasteiger partial charge in [-0.05, 0) is 42.0 Å². The molecule has 1 heterocycles. The Labute approximate surface area is 143 Å². The van der Waals surface area contributed by atoms with Crippen molar-refractivity contribution in [3.63, 3.8) is 0 Å². The molecule has 1 atom stereocenters. The molecule has 0 saturated carbocycles. The molecule has 3 rings (SSSR count). The molecule has 0 aliphatic carbocycles. The average Bonchev–Trinajstić information content (AvgIpc) is 3.01. The van der Waals surface area contributed by atoms with Crippen LogP contribution in [-0.4, -0.2) is 15.6 Å². The molecule has 0 bridgehead atoms. The third-order valence-corrected chi connectivity index (χ3v) is 3.70. The van der Waals surface area contributed by atoms with E-state index in [9.17, 15) is 13.6 Å². The van der Waals surface area contributed by atoms with Crippen LogP contribution in [0, 0.1) is 11.6 Å². The van der Waals surface area contributed by atoms with E-state index in [4.69, 9.17) is 0 Å². The summed E-state index contributed by atoms with van der Waals surface area (Å²) < 4.78 is 27.9. The highest BCUT2D eigenvalue weighted by Crippen LogP contribution is 2.21. The van der Waals surface area contributed by atoms with Crippen LogP contribution in [0.25, 0.3) is 0 Å². The van der Waals surface area contributed by atoms with Crippen molar-refractivity contribution in [2.45, 2.75) is 6.04 Å². The van der Waals surface area contributed by atoms with Crippen molar-refractivity contribution in [1.29, 1.82) is 0 Å². The number of nitrogens with zero attached hydrogens (tertiary/aromatic N) is 2. The predicted octanol–water partition coefficient (Wildman–Crippen LogP) is 3.61. The van der Waals surface area contributed by atoms with Crippen molar-refractivity contribution in [2.75, 3.05) is 5.32 Å². The number of carbonyl (C=O) groups excluding carboxylic acids is 1. The molecule has 1 aromatic heterocycles. The second kappa shape index (κ2) is 7.12. The summed E-state index contributed by atoms with van der Waals surface area (Å²) in [4.78, 5) is 16.6. The first-order valence-electron chi connectivity index (χ1n) is 7.59. The molecule has 128 valence electrons. The molecule has 0 radical (unpaired) electrons. The van der Waals surface area contributed by atoms with Crippen molar-refractivity contribution in [3.8, 4) is 0 Å². The number of halogens is 2. The third-order valence-electron chi connectivity index (χ3n) is 3.70. The summed E-state index contributed by atoms with van der Waals surface area (Å²) >= 11 is 0. The van der Waals surface area contributed by atoms with Crippen molar-refractivity contribution in [1.82, 2.24) is 14.9 Å². The molecule has 3 aromatic rings. The highest BCUT2D eigenvalue weighted by atomic mass is 19.1. The van der Waals surface area contributed by atoms with E-state index in [2.05, 4.69) is 15.6 Å². The summed E-state index contributed by atoms with van der Waals surface area (Å²) in [5.41, 5.74) is 1.14. The number of nitrogens with one attached hydrogen (secondary N) is 2. The van der Waals surface area contributed by atoms with E-state index in [1.165, 1.54) is 36.4 Å². The Kier molecular flexibility index (Phi) is 4.74. The molecule has 2 amide bonds. The van der Waals surface area contributed by atoms with Gasteiger partial charge < -0.3 is 15.2 Å². The molecule has 0 spiro atoms. The van der Waals surface area contributed by atoms with Crippen molar-refractivity contribution >= 4 is 11.7 Å². The van der Waals surface area contributed by atoms with Gasteiger partial charge in [0.2, 0.25) is 0 Å². The number of urea groups is 1. The number of hydrogen-bond donors (Lipinski definition) is 2. The summed E-state index contributed by atoms with van der Waals surface area (Å²) in [7, 11) is 1.80. The molecule has 0 unspecified atom stereocenters. The van der Waals surface area contributed by atoms with Gasteiger partial charge in [-0.25, -0.2) is 18.6 Å². The van der Waals surface area contributed by atoms with Gasteiger partial charge in [-0.15, -0.1) is 0 Å². The fraction of sp³-hybridized carbons (Fsp3) is 0.111. The maximum absolute atomic E-state index is 13.2. The van der Waals surface area contributed by atoms with E-state index >= 15 is 0 Å². The molecular formula is C18H16F2N4O. The quantitative estimate of drug-likeness (QED) is 0.761. The van der Waals surface area contributed by atoms with E-state index in [0.717, 1.165) is 0 Å². The van der Waals surface area contributed by atoms with Crippen LogP contribution in [0.15, 0.2) is 60.9 Å². The lowest BCUT2D eigenvalue weighted by Gasteiger charge is -2.19. The minimum absolute atomic E-state index is 0.363. The number of anilines is 1. The first-order valence-corrected chi connectivity index (χ1v) is 7.59. The maximum Gasteiger partial charge on any atom is 0.320 e. The molecule has 0 aliphatic rings. The summed E-state index contributed by atoms with van der Waals surface area (Å²) in [6, 6.07) is 10.2. The lowest BCUT2D eigenvalue weighted by molar-refractivity contribution is 0.249. The summed E-state index contributed by atoms with van der Waals surface area (Å²) in [6.45, 7) is 0. The first kappa shape index (κ1) is 16.6. The van der Waals surface area contributed by atoms with E-state index < -0.39 is 12.1 Å². The number of hydrogen-bond acceptors (Lipinski definition) is 2. The normalized spacial score (nSPS) is 11.8. The summed E-state index contributed by atoms with van der Waals surface area (Å²) in [5.74, 6) is -0.151. The zero-order valence-corrected chi connectivity index (χ0v) is 13.4. The number of aromatic nitrogens is 2. The van der Waals surface area contributed by atoms with Crippen molar-refractivity contribution in [2.24, 2.45) is 7.05 Å². The summed E-state index contributed by atoms with van der Waals surface area (Å²) in [5, 5.41) is 5.44. The Hall–Kier alpha value is -3.22. The Morgan fingerprint density at radius 2 is 1.64 bits per heavy atom. The number of amides is 2. The van der Waals surface area contributed by atoms with Crippen LogP contribution < -0.4 is 10.6 Å². The van der Waals surface area contributed by atoms with E-state index in [1.807, 2.05) is 0 Å². The first-order chi connectivity index (χ1) is 12.0. The minimum atomic E-state index is -0.568. The van der Waals surface area contributed by atoms with Crippen molar-refractivity contribution < 1.29 is 13.6 Å². The zero-order chi connectivity index (χ0) is 17.8. The topological polar surface area (TPSA) is 59.0 Å². The molecule has 25 heavy (non-hydrogen) atoms. The zero-order valence-electron chi connectivity index (χ0n) is 13.4. The number of imidazole rings is 1. The Morgan fingerprint density at radius 3 is 2.20 bits per heavy atom. The molecule has 0 aliphatic heterocycles. The van der Waals surface area contributed by atoms with Gasteiger partial charge in [-0.3, -0.25) is 0 Å². The molecule has 2 N–H and O–H groups in total. The highest BCUT2D eigenvalue weighted by Gasteiger charge is 2.20. The predicted molar refractivity (Wildman–Crippen MR) is 90.0 cm³/mol. The molecular weight excluding hydrogens is 326 g/mol. The number of rotatable bonds is 4. The molecule has 7 heteroatoms. The standard InChI is InChI=1S/C18H16F2N4O/c1-24-11-10-21-17(24)16(12-2-4-13(19)5-3-12)23-18(25)22-15-8-6-14(20)7-9-15/h2-11,16H,1H3,(H2,22,23,25)/t16-/m0/s1. The molecule has 0 fully saturated rings. The van der Waals surface area contributed by atoms with Crippen LogP contribution in [0.3, 0.4) is 0 Å². The van der Waals surface area contributed by atoms with Gasteiger partial charge in [-0.2, -0.15) is 0 Å². The minimum Gasteiger partial charge on any atom is -0.336 e. The van der Waals surface area contributed by atoms with E-state index in [-0.39, 0.29) is 11.6 Å². The largest absolute Gasteiger partial charge is 0.336 e. The second-order valence-electron chi connectivity index (χ2n) is 5.49. The van der Waals surface area contributed by atoms with Gasteiger partial charge in [-0.1, -0.05) is 12.1 Å². The van der Waals surface area contributed by atoms with Gasteiger partial charge in [0.1, 0.15) is 23.5 Å². The maximum atomic E-state index is 13.2. The van der Waals surface area contributed by atoms with Crippen LogP contribution in [-0.2, 0) is 7.05 Å². The Bertz CT molecular complexity index is 860. The van der Waals surface area contributed by atoms with Gasteiger partial charge in [0, 0.05) is 25.1 Å². The fourth-order valence-corrected chi connectivity index (χ4v) is 2.44. The highest BCUT2D eigenvalue weighted by molar-refractivity contribution is 5.89. The monoisotopic (exact) mass is 342 g/mol. The number of carbonyl (C=O) groups is 1. The molecule has 5 nitrogen and oxygen atoms in total. The number of benzene rings is 2. The number of aryl methyl sites for hydroxylation is 1. The van der Waals surface area contributed by atoms with Crippen LogP contribution in [0.4, 0.5) is 19.3 Å². The van der Waals surface area contributed by atoms with Gasteiger partial charge in [0.25, 0.3) is 0 Å². The van der Waals surface area contributed by atoms with E-state index in [0.29, 0.717) is 17.1 Å². The third kappa shape index (κ3) is 4.00. The van der Waals surface area contributed by atoms with Crippen LogP contribution >= 0.6 is 0 Å². The molecule has 0 saturated heterocycles. The van der Waals surface area contributed by atoms with Crippen molar-refractivity contribution in [3.05, 3.63) is 83.9 Å². The van der Waals surface area contributed by atoms with Crippen LogP contribution in [0.2, 0.25) is 0 Å². The molecule has 2 aromatic carbocycles. The van der Waals surface area contributed by atoms with Gasteiger partial charge >= 0.3 is 6.03 Å². The second-order valence-corrected chi connectivity index (χ2v) is 5.49. The lowest BCUT2D eigenvalue weighted by Crippen LogP contribution is -2.34. The van der Waals surface area contributed by atoms with E-state index in [1.54, 1.807) is 36.1 Å². The van der Waals surface area contributed by atoms with Crippen LogP contribution in [0.5, 0.6) is 0 Å². The Balaban J connectivity index is 1.82. The lowest BCUT2D eigenvalue weighted by atomic mass is 10.1. The van der Waals surface area contributed by atoms with Crippen LogP contribution in [0.1, 0.15) is 17.4 Å². The summed E-state index contributed by atoms with van der Waals surface area (Å²) in [6.07, 6.45) is 3.37. The Morgan fingerprint density at radius 1 is 1.04 bits per heavy atom. The van der Waals surface area contributed by atoms with Gasteiger partial charge in [0.05, 0.1) is 0 Å². The average molecular weight is 342 g/mol. The SMILES string of the molecule is Cn1ccnc1[C@@H](NC(=O)Nc1ccc(F)cc1)c1ccc(F)cc1. The fourth-order valence-electron chi connectivity index (χ4n) is 2.44. The smallest absolute Gasteiger partial charge is 0.320 e. The van der Waals surface area contributed by atoms with Gasteiger partial charge in [0.15, 0.2) is 0 Å².